The number of fused-ring (bicyclic) bond motifs is 1. The molecule has 8 heteroatoms. The van der Waals surface area contributed by atoms with E-state index in [0.29, 0.717) is 5.69 Å². The first-order valence-corrected chi connectivity index (χ1v) is 11.5. The van der Waals surface area contributed by atoms with Crippen molar-refractivity contribution >= 4 is 33.1 Å². The molecule has 7 nitrogen and oxygen atoms in total. The van der Waals surface area contributed by atoms with E-state index in [4.69, 9.17) is 5.73 Å². The molecule has 1 atom stereocenters. The van der Waals surface area contributed by atoms with Gasteiger partial charge in [0.1, 0.15) is 0 Å². The van der Waals surface area contributed by atoms with Crippen LogP contribution in [0.25, 0.3) is 0 Å². The van der Waals surface area contributed by atoms with Gasteiger partial charge in [-0.3, -0.25) is 0 Å². The Kier molecular flexibility index (Phi) is 4.59. The van der Waals surface area contributed by atoms with Crippen LogP contribution < -0.4 is 16.0 Å². The first-order chi connectivity index (χ1) is 14.9. The highest BCUT2D eigenvalue weighted by Gasteiger charge is 2.39. The molecule has 0 bridgehead atoms. The number of nitrogens with two attached hydrogens (primary N) is 1. The van der Waals surface area contributed by atoms with E-state index in [9.17, 15) is 13.2 Å². The monoisotopic (exact) mass is 434 g/mol. The molecular formula is C23H22N4O3S. The fourth-order valence-corrected chi connectivity index (χ4v) is 5.59. The van der Waals surface area contributed by atoms with Crippen LogP contribution in [0.2, 0.25) is 0 Å². The van der Waals surface area contributed by atoms with Crippen molar-refractivity contribution in [2.45, 2.75) is 17.4 Å². The molecule has 3 aromatic carbocycles. The van der Waals surface area contributed by atoms with Crippen molar-refractivity contribution < 1.29 is 13.2 Å². The van der Waals surface area contributed by atoms with E-state index in [1.54, 1.807) is 12.1 Å². The molecule has 0 unspecified atom stereocenters. The van der Waals surface area contributed by atoms with E-state index in [-0.39, 0.29) is 17.5 Å². The SMILES string of the molecule is Nc1ccc(N2CCc3cc(S(=O)(=O)N4C[C@H](c5ccccc5)NC4=O)ccc32)cc1. The summed E-state index contributed by atoms with van der Waals surface area (Å²) in [5, 5.41) is 2.77. The van der Waals surface area contributed by atoms with Gasteiger partial charge in [0.2, 0.25) is 0 Å². The predicted molar refractivity (Wildman–Crippen MR) is 120 cm³/mol. The van der Waals surface area contributed by atoms with Crippen LogP contribution in [0.4, 0.5) is 21.9 Å². The number of benzene rings is 3. The summed E-state index contributed by atoms with van der Waals surface area (Å²) < 4.78 is 27.4. The molecule has 0 aromatic heterocycles. The van der Waals surface area contributed by atoms with E-state index >= 15 is 0 Å². The Bertz CT molecular complexity index is 1240. The molecule has 0 aliphatic carbocycles. The molecule has 2 amide bonds. The van der Waals surface area contributed by atoms with Crippen LogP contribution in [0, 0.1) is 0 Å². The second kappa shape index (κ2) is 7.31. The number of carbonyl (C=O) groups is 1. The lowest BCUT2D eigenvalue weighted by atomic mass is 10.1. The summed E-state index contributed by atoms with van der Waals surface area (Å²) in [6.07, 6.45) is 0.724. The fraction of sp³-hybridized carbons (Fsp3) is 0.174. The zero-order chi connectivity index (χ0) is 21.6. The summed E-state index contributed by atoms with van der Waals surface area (Å²) in [5.74, 6) is 0. The van der Waals surface area contributed by atoms with Crippen molar-refractivity contribution in [2.24, 2.45) is 0 Å². The normalized spacial score (nSPS) is 18.2. The number of nitrogen functional groups attached to an aromatic ring is 1. The number of hydrogen-bond donors (Lipinski definition) is 2. The maximum atomic E-state index is 13.2. The molecule has 2 heterocycles. The molecule has 0 saturated carbocycles. The van der Waals surface area contributed by atoms with Crippen LogP contribution in [0.1, 0.15) is 17.2 Å². The number of hydrogen-bond acceptors (Lipinski definition) is 5. The first kappa shape index (κ1) is 19.4. The Morgan fingerprint density at radius 1 is 0.968 bits per heavy atom. The maximum absolute atomic E-state index is 13.2. The smallest absolute Gasteiger partial charge is 0.331 e. The maximum Gasteiger partial charge on any atom is 0.331 e. The van der Waals surface area contributed by atoms with Gasteiger partial charge >= 0.3 is 6.03 Å². The number of sulfonamides is 1. The highest BCUT2D eigenvalue weighted by Crippen LogP contribution is 2.37. The number of anilines is 3. The van der Waals surface area contributed by atoms with Crippen LogP contribution in [0.15, 0.2) is 77.7 Å². The summed E-state index contributed by atoms with van der Waals surface area (Å²) in [5.41, 5.74) is 10.3. The third kappa shape index (κ3) is 3.38. The van der Waals surface area contributed by atoms with E-state index < -0.39 is 16.1 Å². The molecular weight excluding hydrogens is 412 g/mol. The topological polar surface area (TPSA) is 95.7 Å². The second-order valence-corrected chi connectivity index (χ2v) is 9.59. The lowest BCUT2D eigenvalue weighted by Gasteiger charge is -2.20. The predicted octanol–water partition coefficient (Wildman–Crippen LogP) is 3.42. The molecule has 3 N–H and O–H groups in total. The Labute approximate surface area is 181 Å². The summed E-state index contributed by atoms with van der Waals surface area (Å²) >= 11 is 0. The minimum absolute atomic E-state index is 0.0693. The van der Waals surface area contributed by atoms with Gasteiger partial charge in [-0.25, -0.2) is 17.5 Å². The molecule has 5 rings (SSSR count). The number of rotatable bonds is 4. The average molecular weight is 435 g/mol. The average Bonchev–Trinajstić information content (AvgIpc) is 3.38. The number of urea groups is 1. The first-order valence-electron chi connectivity index (χ1n) is 10.1. The molecule has 31 heavy (non-hydrogen) atoms. The van der Waals surface area contributed by atoms with E-state index in [1.807, 2.05) is 60.7 Å². The molecule has 0 spiro atoms. The largest absolute Gasteiger partial charge is 0.399 e. The van der Waals surface area contributed by atoms with Crippen LogP contribution in [0.5, 0.6) is 0 Å². The van der Waals surface area contributed by atoms with Gasteiger partial charge in [0.15, 0.2) is 0 Å². The molecule has 2 aliphatic heterocycles. The van der Waals surface area contributed by atoms with Crippen molar-refractivity contribution in [1.29, 1.82) is 0 Å². The molecule has 1 saturated heterocycles. The van der Waals surface area contributed by atoms with Gasteiger partial charge in [-0.15, -0.1) is 0 Å². The summed E-state index contributed by atoms with van der Waals surface area (Å²) in [7, 11) is -3.95. The molecule has 158 valence electrons. The summed E-state index contributed by atoms with van der Waals surface area (Å²) in [6, 6.07) is 21.1. The Morgan fingerprint density at radius 3 is 2.45 bits per heavy atom. The van der Waals surface area contributed by atoms with Gasteiger partial charge < -0.3 is 16.0 Å². The van der Waals surface area contributed by atoms with Crippen molar-refractivity contribution in [2.75, 3.05) is 23.7 Å². The van der Waals surface area contributed by atoms with Gasteiger partial charge in [0.05, 0.1) is 17.5 Å². The van der Waals surface area contributed by atoms with E-state index in [1.165, 1.54) is 0 Å². The van der Waals surface area contributed by atoms with Gasteiger partial charge in [-0.1, -0.05) is 30.3 Å². The van der Waals surface area contributed by atoms with Crippen LogP contribution in [-0.4, -0.2) is 31.8 Å². The van der Waals surface area contributed by atoms with Crippen LogP contribution in [0.3, 0.4) is 0 Å². The van der Waals surface area contributed by atoms with Crippen LogP contribution in [-0.2, 0) is 16.4 Å². The van der Waals surface area contributed by atoms with Crippen molar-refractivity contribution in [3.05, 3.63) is 83.9 Å². The highest BCUT2D eigenvalue weighted by molar-refractivity contribution is 7.89. The highest BCUT2D eigenvalue weighted by atomic mass is 32.2. The van der Waals surface area contributed by atoms with Crippen molar-refractivity contribution in [3.63, 3.8) is 0 Å². The number of nitrogens with zero attached hydrogens (tertiary/aromatic N) is 2. The molecule has 1 fully saturated rings. The Balaban J connectivity index is 1.42. The minimum Gasteiger partial charge on any atom is -0.399 e. The summed E-state index contributed by atoms with van der Waals surface area (Å²) in [4.78, 5) is 14.8. The third-order valence-corrected chi connectivity index (χ3v) is 7.56. The lowest BCUT2D eigenvalue weighted by Crippen LogP contribution is -2.34. The molecule has 3 aromatic rings. The number of carbonyl (C=O) groups excluding carboxylic acids is 1. The molecule has 0 radical (unpaired) electrons. The number of nitrogens with one attached hydrogen (secondary N) is 1. The van der Waals surface area contributed by atoms with Crippen molar-refractivity contribution in [1.82, 2.24) is 9.62 Å². The van der Waals surface area contributed by atoms with Gasteiger partial charge in [-0.2, -0.15) is 0 Å². The van der Waals surface area contributed by atoms with E-state index in [2.05, 4.69) is 10.2 Å². The lowest BCUT2D eigenvalue weighted by molar-refractivity contribution is 0.235. The Morgan fingerprint density at radius 2 is 1.71 bits per heavy atom. The number of amides is 2. The zero-order valence-corrected chi connectivity index (χ0v) is 17.5. The van der Waals surface area contributed by atoms with Gasteiger partial charge in [0.25, 0.3) is 10.0 Å². The van der Waals surface area contributed by atoms with Gasteiger partial charge in [-0.05, 0) is 60.0 Å². The minimum atomic E-state index is -3.95. The summed E-state index contributed by atoms with van der Waals surface area (Å²) in [6.45, 7) is 0.822. The van der Waals surface area contributed by atoms with Crippen molar-refractivity contribution in [3.8, 4) is 0 Å². The Hall–Kier alpha value is -3.52. The second-order valence-electron chi connectivity index (χ2n) is 7.73. The fourth-order valence-electron chi connectivity index (χ4n) is 4.19. The van der Waals surface area contributed by atoms with Crippen LogP contribution >= 0.6 is 0 Å². The van der Waals surface area contributed by atoms with Gasteiger partial charge in [0, 0.05) is 23.6 Å². The quantitative estimate of drug-likeness (QED) is 0.614. The third-order valence-electron chi connectivity index (χ3n) is 5.81. The van der Waals surface area contributed by atoms with E-state index in [0.717, 1.165) is 39.8 Å². The molecule has 2 aliphatic rings. The zero-order valence-electron chi connectivity index (χ0n) is 16.7. The standard InChI is InChI=1S/C23H22N4O3S/c24-18-6-8-19(9-7-18)26-13-12-17-14-20(10-11-22(17)26)31(29,30)27-15-21(25-23(27)28)16-4-2-1-3-5-16/h1-11,14,21H,12-13,15,24H2,(H,25,28)/t21-/m1/s1.